The van der Waals surface area contributed by atoms with Crippen molar-refractivity contribution in [3.8, 4) is 0 Å². The second-order valence-corrected chi connectivity index (χ2v) is 5.76. The maximum absolute atomic E-state index is 13.3. The van der Waals surface area contributed by atoms with Crippen LogP contribution >= 0.6 is 11.8 Å². The second kappa shape index (κ2) is 6.04. The van der Waals surface area contributed by atoms with Crippen LogP contribution in [0.1, 0.15) is 18.2 Å². The van der Waals surface area contributed by atoms with Crippen molar-refractivity contribution in [3.05, 3.63) is 35.9 Å². The highest BCUT2D eigenvalue weighted by atomic mass is 32.2. The number of benzene rings is 1. The molecular weight excluding hydrogens is 353 g/mol. The lowest BCUT2D eigenvalue weighted by molar-refractivity contribution is -0.147. The van der Waals surface area contributed by atoms with Gasteiger partial charge >= 0.3 is 12.7 Å². The fraction of sp³-hybridized carbons (Fsp3) is 0.308. The molecule has 3 aromatic rings. The van der Waals surface area contributed by atoms with Gasteiger partial charge in [0.25, 0.3) is 0 Å². The lowest BCUT2D eigenvalue weighted by atomic mass is 10.3. The van der Waals surface area contributed by atoms with Gasteiger partial charge in [-0.05, 0) is 12.1 Å². The zero-order chi connectivity index (χ0) is 17.5. The highest BCUT2D eigenvalue weighted by molar-refractivity contribution is 7.98. The van der Waals surface area contributed by atoms with E-state index in [1.54, 1.807) is 18.2 Å². The molecule has 0 unspecified atom stereocenters. The van der Waals surface area contributed by atoms with Crippen LogP contribution in [-0.4, -0.2) is 24.3 Å². The van der Waals surface area contributed by atoms with Crippen LogP contribution in [-0.2, 0) is 19.0 Å². The van der Waals surface area contributed by atoms with Crippen LogP contribution in [0.5, 0.6) is 0 Å². The number of thioether (sulfide) groups is 1. The number of aromatic nitrogens is 5. The van der Waals surface area contributed by atoms with Gasteiger partial charge < -0.3 is 4.57 Å². The van der Waals surface area contributed by atoms with Gasteiger partial charge in [-0.1, -0.05) is 23.9 Å². The molecule has 0 amide bonds. The van der Waals surface area contributed by atoms with E-state index in [1.807, 2.05) is 0 Å². The van der Waals surface area contributed by atoms with Gasteiger partial charge in [-0.25, -0.2) is 4.98 Å². The topological polar surface area (TPSA) is 48.5 Å². The van der Waals surface area contributed by atoms with Crippen molar-refractivity contribution in [1.82, 2.24) is 24.3 Å². The highest BCUT2D eigenvalue weighted by Gasteiger charge is 2.37. The van der Waals surface area contributed by atoms with Crippen molar-refractivity contribution in [2.75, 3.05) is 0 Å². The van der Waals surface area contributed by atoms with E-state index in [0.717, 1.165) is 20.9 Å². The van der Waals surface area contributed by atoms with Crippen LogP contribution in [0.15, 0.2) is 29.4 Å². The molecule has 24 heavy (non-hydrogen) atoms. The smallest absolute Gasteiger partial charge is 0.302 e. The monoisotopic (exact) mass is 363 g/mol. The number of alkyl halides is 5. The summed E-state index contributed by atoms with van der Waals surface area (Å²) in [6.07, 6.45) is -4.63. The minimum absolute atomic E-state index is 0.0322. The molecule has 0 aliphatic carbocycles. The average molecular weight is 363 g/mol. The Labute approximate surface area is 136 Å². The van der Waals surface area contributed by atoms with Crippen LogP contribution in [0.25, 0.3) is 11.0 Å². The number of hydrogen-bond donors (Lipinski definition) is 0. The Balaban J connectivity index is 1.89. The number of fused-ring (bicyclic) bond motifs is 1. The van der Waals surface area contributed by atoms with Gasteiger partial charge in [-0.15, -0.1) is 10.2 Å². The first-order chi connectivity index (χ1) is 11.3. The van der Waals surface area contributed by atoms with Gasteiger partial charge in [-0.2, -0.15) is 22.0 Å². The van der Waals surface area contributed by atoms with Crippen LogP contribution in [0.2, 0.25) is 0 Å². The number of hydrogen-bond acceptors (Lipinski definition) is 4. The molecule has 0 bridgehead atoms. The van der Waals surface area contributed by atoms with Gasteiger partial charge in [-0.3, -0.25) is 4.57 Å². The Morgan fingerprint density at radius 2 is 1.88 bits per heavy atom. The van der Waals surface area contributed by atoms with Crippen molar-refractivity contribution >= 4 is 22.8 Å². The number of nitrogens with zero attached hydrogens (tertiary/aromatic N) is 5. The maximum atomic E-state index is 13.3. The molecule has 128 valence electrons. The third-order valence-electron chi connectivity index (χ3n) is 3.28. The summed E-state index contributed by atoms with van der Waals surface area (Å²) >= 11 is 0.857. The summed E-state index contributed by atoms with van der Waals surface area (Å²) in [7, 11) is 1.17. The molecule has 0 saturated carbocycles. The summed E-state index contributed by atoms with van der Waals surface area (Å²) in [5.74, 6) is -1.16. The zero-order valence-corrected chi connectivity index (χ0v) is 12.9. The molecule has 3 rings (SSSR count). The summed E-state index contributed by atoms with van der Waals surface area (Å²) in [6.45, 7) is -2.81. The van der Waals surface area contributed by atoms with Gasteiger partial charge in [0.05, 0.1) is 16.8 Å². The van der Waals surface area contributed by atoms with Crippen molar-refractivity contribution in [2.24, 2.45) is 7.05 Å². The summed E-state index contributed by atoms with van der Waals surface area (Å²) < 4.78 is 66.2. The Morgan fingerprint density at radius 1 is 1.17 bits per heavy atom. The fourth-order valence-corrected chi connectivity index (χ4v) is 3.07. The molecule has 2 heterocycles. The fourth-order valence-electron chi connectivity index (χ4n) is 2.23. The normalized spacial score (nSPS) is 12.5. The minimum atomic E-state index is -4.63. The number of rotatable bonds is 4. The average Bonchev–Trinajstić information content (AvgIpc) is 3.04. The molecule has 1 aromatic carbocycles. The molecular formula is C13H10F5N5S. The molecule has 0 saturated heterocycles. The second-order valence-electron chi connectivity index (χ2n) is 4.82. The summed E-state index contributed by atoms with van der Waals surface area (Å²) in [5, 5.41) is 6.52. The van der Waals surface area contributed by atoms with Gasteiger partial charge in [0.15, 0.2) is 5.16 Å². The van der Waals surface area contributed by atoms with E-state index in [2.05, 4.69) is 15.2 Å². The molecule has 0 spiro atoms. The van der Waals surface area contributed by atoms with Gasteiger partial charge in [0.1, 0.15) is 5.82 Å². The Kier molecular flexibility index (Phi) is 4.20. The predicted molar refractivity (Wildman–Crippen MR) is 76.6 cm³/mol. The third kappa shape index (κ3) is 2.95. The molecule has 2 aromatic heterocycles. The quantitative estimate of drug-likeness (QED) is 0.522. The van der Waals surface area contributed by atoms with E-state index in [1.165, 1.54) is 13.1 Å². The van der Waals surface area contributed by atoms with Gasteiger partial charge in [0.2, 0.25) is 5.82 Å². The SMILES string of the molecule is Cn1c(SCc2nc3ccccc3n2C(F)F)nnc1C(F)(F)F. The highest BCUT2D eigenvalue weighted by Crippen LogP contribution is 2.31. The summed E-state index contributed by atoms with van der Waals surface area (Å²) in [4.78, 5) is 4.12. The number of halogens is 5. The molecule has 5 nitrogen and oxygen atoms in total. The van der Waals surface area contributed by atoms with E-state index in [4.69, 9.17) is 0 Å². The van der Waals surface area contributed by atoms with Crippen LogP contribution in [0.4, 0.5) is 22.0 Å². The van der Waals surface area contributed by atoms with Gasteiger partial charge in [0, 0.05) is 7.05 Å². The van der Waals surface area contributed by atoms with E-state index in [0.29, 0.717) is 5.52 Å². The van der Waals surface area contributed by atoms with Crippen LogP contribution in [0.3, 0.4) is 0 Å². The number of imidazole rings is 1. The first-order valence-corrected chi connectivity index (χ1v) is 7.61. The minimum Gasteiger partial charge on any atom is -0.302 e. The molecule has 0 aliphatic heterocycles. The lowest BCUT2D eigenvalue weighted by Gasteiger charge is -2.08. The predicted octanol–water partition coefficient (Wildman–Crippen LogP) is 3.87. The molecule has 0 radical (unpaired) electrons. The van der Waals surface area contributed by atoms with Crippen molar-refractivity contribution in [2.45, 2.75) is 23.6 Å². The molecule has 0 atom stereocenters. The van der Waals surface area contributed by atoms with E-state index in [9.17, 15) is 22.0 Å². The molecule has 0 fully saturated rings. The summed E-state index contributed by atoms with van der Waals surface area (Å²) in [6, 6.07) is 6.37. The first-order valence-electron chi connectivity index (χ1n) is 6.62. The maximum Gasteiger partial charge on any atom is 0.451 e. The summed E-state index contributed by atoms with van der Waals surface area (Å²) in [5.41, 5.74) is 0.652. The van der Waals surface area contributed by atoms with Crippen molar-refractivity contribution < 1.29 is 22.0 Å². The Bertz CT molecular complexity index is 869. The molecule has 11 heteroatoms. The van der Waals surface area contributed by atoms with Crippen LogP contribution < -0.4 is 0 Å². The Morgan fingerprint density at radius 3 is 2.50 bits per heavy atom. The molecule has 0 aliphatic rings. The van der Waals surface area contributed by atoms with Crippen LogP contribution in [0, 0.1) is 0 Å². The van der Waals surface area contributed by atoms with E-state index >= 15 is 0 Å². The van der Waals surface area contributed by atoms with Crippen molar-refractivity contribution in [1.29, 1.82) is 0 Å². The standard InChI is InChI=1S/C13H10F5N5S/c1-22-10(13(16,17)18)20-21-12(22)24-6-9-19-7-4-2-3-5-8(7)23(9)11(14)15/h2-5,11H,6H2,1H3. The largest absolute Gasteiger partial charge is 0.451 e. The number of para-hydroxylation sites is 2. The van der Waals surface area contributed by atoms with Crippen molar-refractivity contribution in [3.63, 3.8) is 0 Å². The van der Waals surface area contributed by atoms with E-state index < -0.39 is 18.6 Å². The molecule has 0 N–H and O–H groups in total. The Hall–Kier alpha value is -2.17. The lowest BCUT2D eigenvalue weighted by Crippen LogP contribution is -2.13. The zero-order valence-electron chi connectivity index (χ0n) is 12.1. The van der Waals surface area contributed by atoms with E-state index in [-0.39, 0.29) is 22.3 Å². The first kappa shape index (κ1) is 16.7. The third-order valence-corrected chi connectivity index (χ3v) is 4.30.